The largest absolute Gasteiger partial charge is 0.0929 e. The van der Waals surface area contributed by atoms with Gasteiger partial charge in [0.15, 0.2) is 0 Å². The lowest BCUT2D eigenvalue weighted by molar-refractivity contribution is 0.411. The summed E-state index contributed by atoms with van der Waals surface area (Å²) in [4.78, 5) is 2.71. The maximum atomic E-state index is 8.04. The molecule has 0 fully saturated rings. The van der Waals surface area contributed by atoms with Gasteiger partial charge in [-0.05, 0) is 10.9 Å². The molecule has 0 aliphatic carbocycles. The molecule has 0 aliphatic rings. The van der Waals surface area contributed by atoms with Crippen molar-refractivity contribution in [2.75, 3.05) is 6.54 Å². The van der Waals surface area contributed by atoms with Crippen LogP contribution in [0.3, 0.4) is 0 Å². The smallest absolute Gasteiger partial charge is 0.0381 e. The van der Waals surface area contributed by atoms with Gasteiger partial charge >= 0.3 is 0 Å². The first kappa shape index (κ1) is 10.0. The summed E-state index contributed by atoms with van der Waals surface area (Å²) in [6, 6.07) is 0. The normalized spacial score (nSPS) is 14.0. The lowest BCUT2D eigenvalue weighted by atomic mass is 9.92. The molecule has 0 saturated carbocycles. The third kappa shape index (κ3) is 3.95. The molecule has 0 aliphatic heterocycles. The summed E-state index contributed by atoms with van der Waals surface area (Å²) in [5, 5.41) is 3.51. The summed E-state index contributed by atoms with van der Waals surface area (Å²) in [7, 11) is 0. The van der Waals surface area contributed by atoms with Gasteiger partial charge in [-0.25, -0.2) is 0 Å². The second-order valence-corrected chi connectivity index (χ2v) is 4.75. The van der Waals surface area contributed by atoms with Crippen molar-refractivity contribution in [3.8, 4) is 0 Å². The summed E-state index contributed by atoms with van der Waals surface area (Å²) in [5.74, 6) is 0. The number of nitrogens with zero attached hydrogens (tertiary/aromatic N) is 3. The molecule has 0 aromatic carbocycles. The molecule has 4 heteroatoms. The molecule has 0 aromatic heterocycles. The third-order valence-corrected chi connectivity index (χ3v) is 3.51. The van der Waals surface area contributed by atoms with E-state index in [2.05, 4.69) is 53.4 Å². The fraction of sp³-hybridized carbons (Fsp3) is 1.00. The van der Waals surface area contributed by atoms with E-state index in [0.29, 0.717) is 10.5 Å². The second kappa shape index (κ2) is 4.03. The molecule has 0 radical (unpaired) electrons. The number of alkyl halides is 1. The number of hydrogen-bond acceptors (Lipinski definition) is 1. The summed E-state index contributed by atoms with van der Waals surface area (Å²) < 4.78 is 0.418. The van der Waals surface area contributed by atoms with E-state index in [1.165, 1.54) is 0 Å². The fourth-order valence-electron chi connectivity index (χ4n) is 0.382. The molecule has 0 rings (SSSR count). The molecule has 0 N–H and O–H groups in total. The van der Waals surface area contributed by atoms with Crippen molar-refractivity contribution in [1.82, 2.24) is 0 Å². The van der Waals surface area contributed by atoms with Crippen LogP contribution in [0.1, 0.15) is 20.8 Å². The lowest BCUT2D eigenvalue weighted by Crippen LogP contribution is -2.22. The minimum atomic E-state index is 0.231. The van der Waals surface area contributed by atoms with Crippen LogP contribution >= 0.6 is 22.6 Å². The average Bonchev–Trinajstić information content (AvgIpc) is 1.80. The predicted molar refractivity (Wildman–Crippen MR) is 51.3 cm³/mol. The third-order valence-electron chi connectivity index (χ3n) is 1.24. The highest BCUT2D eigenvalue weighted by Crippen LogP contribution is 2.26. The molecular formula is C6H12IN3. The second-order valence-electron chi connectivity index (χ2n) is 3.25. The van der Waals surface area contributed by atoms with Gasteiger partial charge in [-0.1, -0.05) is 48.5 Å². The molecule has 10 heavy (non-hydrogen) atoms. The summed E-state index contributed by atoms with van der Waals surface area (Å²) in [6.07, 6.45) is 0. The maximum absolute atomic E-state index is 8.04. The van der Waals surface area contributed by atoms with Crippen molar-refractivity contribution in [3.05, 3.63) is 10.4 Å². The predicted octanol–water partition coefficient (Wildman–Crippen LogP) is 3.15. The Hall–Kier alpha value is 0.0400. The molecule has 3 nitrogen and oxygen atoms in total. The highest BCUT2D eigenvalue weighted by atomic mass is 127. The Labute approximate surface area is 75.0 Å². The minimum absolute atomic E-state index is 0.231. The topological polar surface area (TPSA) is 48.8 Å². The molecule has 0 aromatic rings. The van der Waals surface area contributed by atoms with Crippen molar-refractivity contribution < 1.29 is 0 Å². The van der Waals surface area contributed by atoms with Crippen LogP contribution < -0.4 is 0 Å². The molecule has 0 saturated heterocycles. The summed E-state index contributed by atoms with van der Waals surface area (Å²) in [6.45, 7) is 6.99. The van der Waals surface area contributed by atoms with Crippen LogP contribution in [0, 0.1) is 5.41 Å². The van der Waals surface area contributed by atoms with Crippen molar-refractivity contribution in [1.29, 1.82) is 0 Å². The van der Waals surface area contributed by atoms with Gasteiger partial charge in [0.2, 0.25) is 0 Å². The van der Waals surface area contributed by atoms with Crippen molar-refractivity contribution >= 4 is 22.6 Å². The Kier molecular flexibility index (Phi) is 4.05. The van der Waals surface area contributed by atoms with E-state index >= 15 is 0 Å². The van der Waals surface area contributed by atoms with E-state index in [1.54, 1.807) is 0 Å². The van der Waals surface area contributed by atoms with E-state index in [1.807, 2.05) is 0 Å². The number of halogens is 1. The molecule has 0 amide bonds. The SMILES string of the molecule is CC(C)(C)C(I)CN=[N+]=[N-]. The van der Waals surface area contributed by atoms with Crippen LogP contribution in [0.5, 0.6) is 0 Å². The molecule has 0 spiro atoms. The summed E-state index contributed by atoms with van der Waals surface area (Å²) in [5.41, 5.74) is 8.27. The first-order chi connectivity index (χ1) is 4.48. The Bertz CT molecular complexity index is 144. The van der Waals surface area contributed by atoms with Gasteiger partial charge < -0.3 is 0 Å². The Morgan fingerprint density at radius 3 is 2.40 bits per heavy atom. The zero-order valence-corrected chi connectivity index (χ0v) is 8.66. The van der Waals surface area contributed by atoms with E-state index in [9.17, 15) is 0 Å². The highest BCUT2D eigenvalue weighted by molar-refractivity contribution is 14.1. The quantitative estimate of drug-likeness (QED) is 0.238. The van der Waals surface area contributed by atoms with E-state index < -0.39 is 0 Å². The van der Waals surface area contributed by atoms with Gasteiger partial charge in [-0.3, -0.25) is 0 Å². The fourth-order valence-corrected chi connectivity index (χ4v) is 0.558. The molecule has 1 unspecified atom stereocenters. The lowest BCUT2D eigenvalue weighted by Gasteiger charge is -2.23. The minimum Gasteiger partial charge on any atom is -0.0929 e. The standard InChI is InChI=1S/C6H12IN3/c1-6(2,3)5(7)4-9-10-8/h5H,4H2,1-3H3. The van der Waals surface area contributed by atoms with Crippen molar-refractivity contribution in [3.63, 3.8) is 0 Å². The molecule has 0 heterocycles. The molecular weight excluding hydrogens is 241 g/mol. The first-order valence-electron chi connectivity index (χ1n) is 3.13. The molecule has 0 bridgehead atoms. The monoisotopic (exact) mass is 253 g/mol. The Balaban J connectivity index is 3.84. The molecule has 58 valence electrons. The van der Waals surface area contributed by atoms with Crippen LogP contribution in [0.4, 0.5) is 0 Å². The van der Waals surface area contributed by atoms with Crippen molar-refractivity contribution in [2.45, 2.75) is 24.7 Å². The Morgan fingerprint density at radius 1 is 1.60 bits per heavy atom. The number of azide groups is 1. The average molecular weight is 253 g/mol. The summed E-state index contributed by atoms with van der Waals surface area (Å²) >= 11 is 2.31. The van der Waals surface area contributed by atoms with E-state index in [-0.39, 0.29) is 5.41 Å². The first-order valence-corrected chi connectivity index (χ1v) is 4.38. The van der Waals surface area contributed by atoms with Gasteiger partial charge in [0.25, 0.3) is 0 Å². The van der Waals surface area contributed by atoms with Crippen molar-refractivity contribution in [2.24, 2.45) is 10.5 Å². The number of rotatable bonds is 2. The van der Waals surface area contributed by atoms with Gasteiger partial charge in [-0.2, -0.15) is 0 Å². The zero-order valence-electron chi connectivity index (χ0n) is 6.50. The van der Waals surface area contributed by atoms with E-state index in [0.717, 1.165) is 0 Å². The van der Waals surface area contributed by atoms with Gasteiger partial charge in [0.05, 0.1) is 0 Å². The maximum Gasteiger partial charge on any atom is 0.0381 e. The zero-order chi connectivity index (χ0) is 8.20. The Morgan fingerprint density at radius 2 is 2.10 bits per heavy atom. The number of hydrogen-bond donors (Lipinski definition) is 0. The van der Waals surface area contributed by atoms with Gasteiger partial charge in [0.1, 0.15) is 0 Å². The molecule has 1 atom stereocenters. The van der Waals surface area contributed by atoms with Crippen LogP contribution in [0.15, 0.2) is 5.11 Å². The van der Waals surface area contributed by atoms with Gasteiger partial charge in [0, 0.05) is 15.4 Å². The van der Waals surface area contributed by atoms with Crippen LogP contribution in [0.2, 0.25) is 0 Å². The highest BCUT2D eigenvalue weighted by Gasteiger charge is 2.20. The van der Waals surface area contributed by atoms with Crippen LogP contribution in [-0.4, -0.2) is 10.5 Å². The van der Waals surface area contributed by atoms with Gasteiger partial charge in [-0.15, -0.1) is 0 Å². The van der Waals surface area contributed by atoms with E-state index in [4.69, 9.17) is 5.53 Å². The van der Waals surface area contributed by atoms with Crippen LogP contribution in [-0.2, 0) is 0 Å². The van der Waals surface area contributed by atoms with Crippen LogP contribution in [0.25, 0.3) is 10.4 Å².